The number of rotatable bonds is 3. The SMILES string of the molecule is Nc1ccsc1C(=O)OCC1CCC2(CCCCC2)O1. The van der Waals surface area contributed by atoms with Gasteiger partial charge in [-0.25, -0.2) is 4.79 Å². The highest BCUT2D eigenvalue weighted by Gasteiger charge is 2.41. The number of carbonyl (C=O) groups excluding carboxylic acids is 1. The summed E-state index contributed by atoms with van der Waals surface area (Å²) in [7, 11) is 0. The van der Waals surface area contributed by atoms with Gasteiger partial charge in [0.05, 0.1) is 17.4 Å². The molecule has 1 atom stereocenters. The molecule has 2 fully saturated rings. The Morgan fingerprint density at radius 1 is 1.40 bits per heavy atom. The molecule has 0 aromatic carbocycles. The molecule has 3 rings (SSSR count). The molecule has 0 bridgehead atoms. The van der Waals surface area contributed by atoms with Crippen LogP contribution in [0.2, 0.25) is 0 Å². The second kappa shape index (κ2) is 5.74. The zero-order chi connectivity index (χ0) is 14.0. The lowest BCUT2D eigenvalue weighted by molar-refractivity contribution is -0.0809. The molecule has 0 amide bonds. The fourth-order valence-corrected chi connectivity index (χ4v) is 4.01. The number of esters is 1. The predicted molar refractivity (Wildman–Crippen MR) is 78.9 cm³/mol. The first kappa shape index (κ1) is 13.9. The van der Waals surface area contributed by atoms with E-state index in [1.54, 1.807) is 11.4 Å². The maximum absolute atomic E-state index is 11.9. The van der Waals surface area contributed by atoms with E-state index in [-0.39, 0.29) is 17.7 Å². The number of ether oxygens (including phenoxy) is 2. The van der Waals surface area contributed by atoms with Gasteiger partial charge in [0.2, 0.25) is 0 Å². The summed E-state index contributed by atoms with van der Waals surface area (Å²) in [5.41, 5.74) is 6.29. The van der Waals surface area contributed by atoms with Crippen LogP contribution in [0.4, 0.5) is 5.69 Å². The van der Waals surface area contributed by atoms with Crippen LogP contribution in [0.25, 0.3) is 0 Å². The lowest BCUT2D eigenvalue weighted by Gasteiger charge is -2.33. The Morgan fingerprint density at radius 3 is 2.90 bits per heavy atom. The van der Waals surface area contributed by atoms with Crippen molar-refractivity contribution in [1.82, 2.24) is 0 Å². The fraction of sp³-hybridized carbons (Fsp3) is 0.667. The maximum atomic E-state index is 11.9. The monoisotopic (exact) mass is 295 g/mol. The Morgan fingerprint density at radius 2 is 2.20 bits per heavy atom. The van der Waals surface area contributed by atoms with E-state index >= 15 is 0 Å². The molecule has 1 aliphatic carbocycles. The van der Waals surface area contributed by atoms with Gasteiger partial charge in [-0.05, 0) is 37.1 Å². The summed E-state index contributed by atoms with van der Waals surface area (Å²) in [6, 6.07) is 1.73. The predicted octanol–water partition coefficient (Wildman–Crippen LogP) is 3.37. The summed E-state index contributed by atoms with van der Waals surface area (Å²) in [6.45, 7) is 0.345. The molecule has 1 aliphatic heterocycles. The third kappa shape index (κ3) is 2.83. The normalized spacial score (nSPS) is 24.9. The van der Waals surface area contributed by atoms with Crippen molar-refractivity contribution in [3.05, 3.63) is 16.3 Å². The second-order valence-corrected chi connectivity index (χ2v) is 6.74. The van der Waals surface area contributed by atoms with E-state index in [1.165, 1.54) is 30.6 Å². The molecule has 1 aromatic rings. The van der Waals surface area contributed by atoms with Crippen molar-refractivity contribution < 1.29 is 14.3 Å². The number of nitrogens with two attached hydrogens (primary N) is 1. The number of nitrogen functional groups attached to an aromatic ring is 1. The highest BCUT2D eigenvalue weighted by atomic mass is 32.1. The van der Waals surface area contributed by atoms with Gasteiger partial charge in [0.15, 0.2) is 0 Å². The van der Waals surface area contributed by atoms with Crippen molar-refractivity contribution >= 4 is 23.0 Å². The first-order valence-corrected chi connectivity index (χ1v) is 8.24. The number of carbonyl (C=O) groups is 1. The van der Waals surface area contributed by atoms with Crippen molar-refractivity contribution in [2.24, 2.45) is 0 Å². The van der Waals surface area contributed by atoms with Crippen LogP contribution in [0, 0.1) is 0 Å². The van der Waals surface area contributed by atoms with Crippen molar-refractivity contribution in [3.63, 3.8) is 0 Å². The Bertz CT molecular complexity index is 479. The van der Waals surface area contributed by atoms with E-state index < -0.39 is 0 Å². The molecule has 1 aromatic heterocycles. The zero-order valence-corrected chi connectivity index (χ0v) is 12.4. The molecule has 1 spiro atoms. The van der Waals surface area contributed by atoms with E-state index in [1.807, 2.05) is 0 Å². The van der Waals surface area contributed by atoms with Gasteiger partial charge in [0.25, 0.3) is 0 Å². The quantitative estimate of drug-likeness (QED) is 0.868. The molecule has 5 heteroatoms. The average Bonchev–Trinajstić information content (AvgIpc) is 3.04. The van der Waals surface area contributed by atoms with Gasteiger partial charge < -0.3 is 15.2 Å². The van der Waals surface area contributed by atoms with Crippen LogP contribution < -0.4 is 5.73 Å². The first-order chi connectivity index (χ1) is 9.69. The zero-order valence-electron chi connectivity index (χ0n) is 11.6. The Kier molecular flexibility index (Phi) is 3.98. The van der Waals surface area contributed by atoms with Gasteiger partial charge in [-0.2, -0.15) is 0 Å². The van der Waals surface area contributed by atoms with Crippen molar-refractivity contribution in [2.45, 2.75) is 56.7 Å². The molecule has 0 radical (unpaired) electrons. The highest BCUT2D eigenvalue weighted by molar-refractivity contribution is 7.12. The number of anilines is 1. The minimum Gasteiger partial charge on any atom is -0.459 e. The van der Waals surface area contributed by atoms with Gasteiger partial charge in [-0.15, -0.1) is 11.3 Å². The molecule has 4 nitrogen and oxygen atoms in total. The van der Waals surface area contributed by atoms with Crippen LogP contribution in [0.3, 0.4) is 0 Å². The van der Waals surface area contributed by atoms with Crippen LogP contribution in [-0.4, -0.2) is 24.3 Å². The maximum Gasteiger partial charge on any atom is 0.350 e. The summed E-state index contributed by atoms with van der Waals surface area (Å²) in [5.74, 6) is -0.328. The molecule has 2 N–H and O–H groups in total. The summed E-state index contributed by atoms with van der Waals surface area (Å²) in [5, 5.41) is 1.80. The van der Waals surface area contributed by atoms with Crippen LogP contribution in [-0.2, 0) is 9.47 Å². The number of hydrogen-bond donors (Lipinski definition) is 1. The van der Waals surface area contributed by atoms with Crippen LogP contribution in [0.15, 0.2) is 11.4 Å². The molecular formula is C15H21NO3S. The third-order valence-electron chi connectivity index (χ3n) is 4.38. The molecule has 1 unspecified atom stereocenters. The van der Waals surface area contributed by atoms with E-state index in [0.29, 0.717) is 17.2 Å². The van der Waals surface area contributed by atoms with Crippen molar-refractivity contribution in [2.75, 3.05) is 12.3 Å². The van der Waals surface area contributed by atoms with Gasteiger partial charge in [0, 0.05) is 0 Å². The number of hydrogen-bond acceptors (Lipinski definition) is 5. The molecule has 2 aliphatic rings. The fourth-order valence-electron chi connectivity index (χ4n) is 3.30. The molecule has 110 valence electrons. The van der Waals surface area contributed by atoms with Gasteiger partial charge >= 0.3 is 5.97 Å². The van der Waals surface area contributed by atoms with Crippen molar-refractivity contribution in [3.8, 4) is 0 Å². The molecule has 1 saturated carbocycles. The van der Waals surface area contributed by atoms with Crippen LogP contribution in [0.5, 0.6) is 0 Å². The Hall–Kier alpha value is -1.07. The molecular weight excluding hydrogens is 274 g/mol. The van der Waals surface area contributed by atoms with Gasteiger partial charge in [-0.1, -0.05) is 19.3 Å². The summed E-state index contributed by atoms with van der Waals surface area (Å²) < 4.78 is 11.5. The minimum atomic E-state index is -0.328. The van der Waals surface area contributed by atoms with Crippen LogP contribution in [0.1, 0.15) is 54.6 Å². The topological polar surface area (TPSA) is 61.6 Å². The van der Waals surface area contributed by atoms with E-state index in [0.717, 1.165) is 25.7 Å². The second-order valence-electron chi connectivity index (χ2n) is 5.83. The lowest BCUT2D eigenvalue weighted by atomic mass is 9.83. The van der Waals surface area contributed by atoms with E-state index in [9.17, 15) is 4.79 Å². The highest BCUT2D eigenvalue weighted by Crippen LogP contribution is 2.41. The number of thiophene rings is 1. The summed E-state index contributed by atoms with van der Waals surface area (Å²) >= 11 is 1.32. The summed E-state index contributed by atoms with van der Waals surface area (Å²) in [6.07, 6.45) is 8.32. The first-order valence-electron chi connectivity index (χ1n) is 7.36. The molecule has 20 heavy (non-hydrogen) atoms. The van der Waals surface area contributed by atoms with E-state index in [2.05, 4.69) is 0 Å². The molecule has 1 saturated heterocycles. The summed E-state index contributed by atoms with van der Waals surface area (Å²) in [4.78, 5) is 12.4. The van der Waals surface area contributed by atoms with Crippen molar-refractivity contribution in [1.29, 1.82) is 0 Å². The largest absolute Gasteiger partial charge is 0.459 e. The van der Waals surface area contributed by atoms with Gasteiger partial charge in [0.1, 0.15) is 11.5 Å². The average molecular weight is 295 g/mol. The minimum absolute atomic E-state index is 0.0539. The standard InChI is InChI=1S/C15H21NO3S/c16-12-5-9-20-13(12)14(17)18-10-11-4-8-15(19-11)6-2-1-3-7-15/h5,9,11H,1-4,6-8,10,16H2. The van der Waals surface area contributed by atoms with E-state index in [4.69, 9.17) is 15.2 Å². The Labute approximate surface area is 123 Å². The third-order valence-corrected chi connectivity index (χ3v) is 5.30. The Balaban J connectivity index is 1.50. The smallest absolute Gasteiger partial charge is 0.350 e. The molecule has 2 heterocycles. The van der Waals surface area contributed by atoms with Crippen LogP contribution >= 0.6 is 11.3 Å². The van der Waals surface area contributed by atoms with Gasteiger partial charge in [-0.3, -0.25) is 0 Å². The lowest BCUT2D eigenvalue weighted by Crippen LogP contribution is -2.32.